The Kier molecular flexibility index (Phi) is 4.59. The van der Waals surface area contributed by atoms with Crippen LogP contribution in [0.3, 0.4) is 0 Å². The summed E-state index contributed by atoms with van der Waals surface area (Å²) < 4.78 is 56.8. The maximum atomic E-state index is 11.3. The van der Waals surface area contributed by atoms with Crippen LogP contribution in [0.5, 0.6) is 0 Å². The molecular formula is C25H27NO3. The highest BCUT2D eigenvalue weighted by Gasteiger charge is 2.07. The number of hydrogen-bond donors (Lipinski definition) is 3. The highest BCUT2D eigenvalue weighted by molar-refractivity contribution is 5.89. The van der Waals surface area contributed by atoms with Gasteiger partial charge < -0.3 is 15.5 Å². The smallest absolute Gasteiger partial charge is 0.335 e. The van der Waals surface area contributed by atoms with E-state index in [1.165, 1.54) is 13.0 Å². The second kappa shape index (κ2) is 10.0. The van der Waals surface area contributed by atoms with Crippen molar-refractivity contribution in [2.24, 2.45) is 0 Å². The molecule has 0 spiro atoms. The molecule has 0 amide bonds. The van der Waals surface area contributed by atoms with Gasteiger partial charge in [0.2, 0.25) is 0 Å². The summed E-state index contributed by atoms with van der Waals surface area (Å²) in [4.78, 5) is 11.3. The van der Waals surface area contributed by atoms with Crippen LogP contribution < -0.4 is 5.32 Å². The van der Waals surface area contributed by atoms with Gasteiger partial charge in [-0.25, -0.2) is 4.79 Å². The van der Waals surface area contributed by atoms with Crippen LogP contribution in [-0.4, -0.2) is 29.3 Å². The third-order valence-electron chi connectivity index (χ3n) is 4.28. The van der Waals surface area contributed by atoms with E-state index in [1.54, 1.807) is 42.5 Å². The first kappa shape index (κ1) is 13.3. The minimum absolute atomic E-state index is 0.000203. The normalized spacial score (nSPS) is 17.0. The van der Waals surface area contributed by atoms with E-state index in [0.717, 1.165) is 5.56 Å². The molecule has 4 heteroatoms. The monoisotopic (exact) mass is 396 g/mol. The fourth-order valence-corrected chi connectivity index (χ4v) is 2.84. The Morgan fingerprint density at radius 1 is 1.21 bits per heavy atom. The molecule has 0 heterocycles. The third-order valence-corrected chi connectivity index (χ3v) is 4.28. The van der Waals surface area contributed by atoms with Gasteiger partial charge in [-0.1, -0.05) is 66.1 Å². The maximum Gasteiger partial charge on any atom is 0.335 e. The molecule has 0 fully saturated rings. The van der Waals surface area contributed by atoms with Crippen LogP contribution in [0.4, 0.5) is 0 Å². The van der Waals surface area contributed by atoms with Crippen molar-refractivity contribution in [3.63, 3.8) is 0 Å². The van der Waals surface area contributed by atoms with E-state index in [1.807, 2.05) is 0 Å². The Morgan fingerprint density at radius 3 is 2.76 bits per heavy atom. The molecule has 3 N–H and O–H groups in total. The molecule has 4 nitrogen and oxygen atoms in total. The predicted molar refractivity (Wildman–Crippen MR) is 116 cm³/mol. The molecular weight excluding hydrogens is 362 g/mol. The van der Waals surface area contributed by atoms with Gasteiger partial charge in [-0.15, -0.1) is 0 Å². The summed E-state index contributed by atoms with van der Waals surface area (Å²) in [6, 6.07) is 11.8. The fourth-order valence-electron chi connectivity index (χ4n) is 2.84. The molecule has 0 bridgehead atoms. The van der Waals surface area contributed by atoms with E-state index >= 15 is 0 Å². The first-order valence-electron chi connectivity index (χ1n) is 12.7. The number of aryl methyl sites for hydroxylation is 1. The largest absolute Gasteiger partial charge is 0.478 e. The summed E-state index contributed by atoms with van der Waals surface area (Å²) in [6.45, 7) is 0.694. The van der Waals surface area contributed by atoms with E-state index in [2.05, 4.69) is 5.32 Å². The lowest BCUT2D eigenvalue weighted by molar-refractivity contribution is 0.0697. The standard InChI is InChI=1S/C25H27NO3/c1-18-6-2-11-22(14-18)24(27)17-26-13-5-8-19-7-3-9-20(15-19)21-10-4-12-23(16-21)25(28)29/h2-4,6-7,9-12,14-16,24,26-27H,5,8,13,17H2,1H3,(H,28,29)/t24-/m0/s1/i2D,5D2,6D,11D,14D,24D. The molecule has 3 rings (SSSR count). The highest BCUT2D eigenvalue weighted by atomic mass is 16.4. The van der Waals surface area contributed by atoms with Crippen molar-refractivity contribution in [3.05, 3.63) is 95.0 Å². The summed E-state index contributed by atoms with van der Waals surface area (Å²) >= 11 is 0. The molecule has 1 atom stereocenters. The molecule has 0 aliphatic rings. The molecule has 3 aromatic carbocycles. The van der Waals surface area contributed by atoms with Crippen LogP contribution in [0.1, 0.15) is 49.1 Å². The molecule has 0 saturated carbocycles. The van der Waals surface area contributed by atoms with Crippen molar-refractivity contribution in [1.29, 1.82) is 0 Å². The van der Waals surface area contributed by atoms with Gasteiger partial charge in [-0.05, 0) is 60.6 Å². The maximum absolute atomic E-state index is 11.3. The Balaban J connectivity index is 1.71. The van der Waals surface area contributed by atoms with Crippen molar-refractivity contribution in [1.82, 2.24) is 5.32 Å². The number of carbonyl (C=O) groups is 1. The van der Waals surface area contributed by atoms with Crippen LogP contribution in [0.2, 0.25) is 0 Å². The second-order valence-corrected chi connectivity index (χ2v) is 6.56. The summed E-state index contributed by atoms with van der Waals surface area (Å²) in [6.07, 6.45) is -4.25. The zero-order valence-electron chi connectivity index (χ0n) is 23.0. The number of nitrogens with one attached hydrogen (secondary N) is 1. The number of carboxylic acids is 1. The molecule has 150 valence electrons. The molecule has 3 aromatic rings. The second-order valence-electron chi connectivity index (χ2n) is 6.56. The number of hydrogen-bond acceptors (Lipinski definition) is 3. The van der Waals surface area contributed by atoms with E-state index in [-0.39, 0.29) is 36.2 Å². The van der Waals surface area contributed by atoms with E-state index in [4.69, 9.17) is 9.60 Å². The van der Waals surface area contributed by atoms with Crippen LogP contribution >= 0.6 is 0 Å². The Hall–Kier alpha value is -2.95. The van der Waals surface area contributed by atoms with Crippen molar-refractivity contribution in [2.75, 3.05) is 13.1 Å². The van der Waals surface area contributed by atoms with Gasteiger partial charge in [-0.3, -0.25) is 0 Å². The highest BCUT2D eigenvalue weighted by Crippen LogP contribution is 2.22. The lowest BCUT2D eigenvalue weighted by Crippen LogP contribution is -2.22. The average Bonchev–Trinajstić information content (AvgIpc) is 2.81. The Labute approximate surface area is 181 Å². The van der Waals surface area contributed by atoms with Crippen molar-refractivity contribution in [3.8, 4) is 11.1 Å². The van der Waals surface area contributed by atoms with Gasteiger partial charge in [0.1, 0.15) is 0 Å². The number of benzene rings is 3. The lowest BCUT2D eigenvalue weighted by atomic mass is 9.99. The first-order chi connectivity index (χ1) is 16.7. The van der Waals surface area contributed by atoms with Crippen LogP contribution in [0.15, 0.2) is 72.7 Å². The molecule has 0 radical (unpaired) electrons. The lowest BCUT2D eigenvalue weighted by Gasteiger charge is -2.13. The quantitative estimate of drug-likeness (QED) is 0.494. The molecule has 0 aliphatic heterocycles. The van der Waals surface area contributed by atoms with E-state index in [9.17, 15) is 15.0 Å². The number of rotatable bonds is 9. The number of aromatic carboxylic acids is 1. The minimum Gasteiger partial charge on any atom is -0.478 e. The number of carboxylic acid groups (broad SMARTS) is 1. The van der Waals surface area contributed by atoms with Gasteiger partial charge >= 0.3 is 5.97 Å². The summed E-state index contributed by atoms with van der Waals surface area (Å²) in [5.41, 5.74) is 1.94. The van der Waals surface area contributed by atoms with Gasteiger partial charge in [0.25, 0.3) is 0 Å². The molecule has 0 aliphatic carbocycles. The summed E-state index contributed by atoms with van der Waals surface area (Å²) in [5.74, 6) is -1.04. The van der Waals surface area contributed by atoms with Crippen molar-refractivity contribution < 1.29 is 24.6 Å². The number of aliphatic hydroxyl groups is 1. The summed E-state index contributed by atoms with van der Waals surface area (Å²) in [5, 5.41) is 22.6. The molecule has 0 saturated heterocycles. The molecule has 0 unspecified atom stereocenters. The average molecular weight is 397 g/mol. The Morgan fingerprint density at radius 2 is 1.97 bits per heavy atom. The zero-order chi connectivity index (χ0) is 26.8. The van der Waals surface area contributed by atoms with Crippen LogP contribution in [0, 0.1) is 6.92 Å². The molecule has 0 aromatic heterocycles. The topological polar surface area (TPSA) is 69.6 Å². The van der Waals surface area contributed by atoms with Crippen molar-refractivity contribution >= 4 is 5.97 Å². The zero-order valence-corrected chi connectivity index (χ0v) is 16.0. The van der Waals surface area contributed by atoms with Crippen molar-refractivity contribution in [2.45, 2.75) is 25.8 Å². The third kappa shape index (κ3) is 6.01. The fraction of sp³-hybridized carbons (Fsp3) is 0.240. The minimum atomic E-state index is -2.46. The van der Waals surface area contributed by atoms with E-state index < -0.39 is 42.6 Å². The molecule has 29 heavy (non-hydrogen) atoms. The van der Waals surface area contributed by atoms with E-state index in [0.29, 0.717) is 11.1 Å². The van der Waals surface area contributed by atoms with Gasteiger partial charge in [0.05, 0.1) is 18.5 Å². The van der Waals surface area contributed by atoms with Gasteiger partial charge in [-0.2, -0.15) is 0 Å². The van der Waals surface area contributed by atoms with Gasteiger partial charge in [0, 0.05) is 9.29 Å². The van der Waals surface area contributed by atoms with Gasteiger partial charge in [0.15, 0.2) is 0 Å². The van der Waals surface area contributed by atoms with Crippen LogP contribution in [0.25, 0.3) is 11.1 Å². The first-order valence-corrected chi connectivity index (χ1v) is 9.17. The van der Waals surface area contributed by atoms with Crippen LogP contribution in [-0.2, 0) is 6.42 Å². The SMILES string of the molecule is [2H]c1c([2H])c(C)c([2H])c([C@@]([2H])(O)CNCC([2H])([2H])Cc2cccc(-c3cccc(C(=O)O)c3)c2)c1[2H]. The Bertz CT molecular complexity index is 1270. The summed E-state index contributed by atoms with van der Waals surface area (Å²) in [7, 11) is 0. The predicted octanol–water partition coefficient (Wildman–Crippen LogP) is 4.62.